The van der Waals surface area contributed by atoms with Gasteiger partial charge >= 0.3 is 5.97 Å². The van der Waals surface area contributed by atoms with Crippen LogP contribution in [0.5, 0.6) is 5.75 Å². The number of carboxylic acid groups (broad SMARTS) is 1. The van der Waals surface area contributed by atoms with Gasteiger partial charge in [0.2, 0.25) is 0 Å². The Morgan fingerprint density at radius 2 is 2.23 bits per heavy atom. The molecule has 1 aromatic heterocycles. The Hall–Kier alpha value is -3.43. The number of carbonyl (C=O) groups is 2. The second-order valence-electron chi connectivity index (χ2n) is 6.09. The SMILES string of the molecule is CC(C)COc1ccc(N2C=C(C(=O)O)C(=O)NC2)cc1-n1cnnn1. The molecule has 0 spiro atoms. The number of carboxylic acids is 1. The highest BCUT2D eigenvalue weighted by Crippen LogP contribution is 2.29. The van der Waals surface area contributed by atoms with Gasteiger partial charge in [0.15, 0.2) is 0 Å². The van der Waals surface area contributed by atoms with Crippen molar-refractivity contribution in [1.29, 1.82) is 0 Å². The second kappa shape index (κ2) is 7.21. The Morgan fingerprint density at radius 3 is 2.88 bits per heavy atom. The molecule has 1 aromatic carbocycles. The third-order valence-electron chi connectivity index (χ3n) is 3.61. The first kappa shape index (κ1) is 17.4. The normalized spacial score (nSPS) is 14.2. The van der Waals surface area contributed by atoms with Gasteiger partial charge in [-0.3, -0.25) is 4.79 Å². The maximum atomic E-state index is 11.6. The summed E-state index contributed by atoms with van der Waals surface area (Å²) in [6, 6.07) is 5.30. The number of tetrazole rings is 1. The number of rotatable bonds is 6. The first-order valence-electron chi connectivity index (χ1n) is 7.96. The lowest BCUT2D eigenvalue weighted by Gasteiger charge is -2.26. The van der Waals surface area contributed by atoms with Crippen LogP contribution in [0, 0.1) is 5.92 Å². The smallest absolute Gasteiger partial charge is 0.342 e. The van der Waals surface area contributed by atoms with E-state index in [2.05, 4.69) is 20.8 Å². The highest BCUT2D eigenvalue weighted by molar-refractivity contribution is 6.16. The minimum Gasteiger partial charge on any atom is -0.491 e. The quantitative estimate of drug-likeness (QED) is 0.718. The summed E-state index contributed by atoms with van der Waals surface area (Å²) in [6.07, 6.45) is 2.74. The van der Waals surface area contributed by atoms with Gasteiger partial charge < -0.3 is 20.1 Å². The summed E-state index contributed by atoms with van der Waals surface area (Å²) in [5.41, 5.74) is 0.932. The van der Waals surface area contributed by atoms with Crippen LogP contribution in [0.1, 0.15) is 13.8 Å². The molecular weight excluding hydrogens is 340 g/mol. The number of hydrogen-bond donors (Lipinski definition) is 2. The zero-order valence-electron chi connectivity index (χ0n) is 14.3. The standard InChI is InChI=1S/C16H18N6O4/c1-10(2)7-26-14-4-3-11(5-13(14)22-9-18-19-20-22)21-6-12(16(24)25)15(23)17-8-21/h3-6,9-10H,7-8H2,1-2H3,(H,17,23)(H,24,25). The van der Waals surface area contributed by atoms with Crippen molar-refractivity contribution in [1.82, 2.24) is 25.5 Å². The van der Waals surface area contributed by atoms with Gasteiger partial charge in [-0.1, -0.05) is 13.8 Å². The van der Waals surface area contributed by atoms with Gasteiger partial charge in [-0.25, -0.2) is 4.79 Å². The number of nitrogens with one attached hydrogen (secondary N) is 1. The Balaban J connectivity index is 1.98. The van der Waals surface area contributed by atoms with Gasteiger partial charge in [-0.2, -0.15) is 4.68 Å². The Bertz CT molecular complexity index is 846. The van der Waals surface area contributed by atoms with E-state index >= 15 is 0 Å². The van der Waals surface area contributed by atoms with Gasteiger partial charge in [0.1, 0.15) is 23.3 Å². The minimum absolute atomic E-state index is 0.150. The number of amides is 1. The van der Waals surface area contributed by atoms with E-state index in [0.29, 0.717) is 29.6 Å². The van der Waals surface area contributed by atoms with E-state index in [0.717, 1.165) is 0 Å². The first-order valence-corrected chi connectivity index (χ1v) is 7.96. The lowest BCUT2D eigenvalue weighted by molar-refractivity contribution is -0.135. The van der Waals surface area contributed by atoms with Crippen molar-refractivity contribution in [2.45, 2.75) is 13.8 Å². The summed E-state index contributed by atoms with van der Waals surface area (Å²) >= 11 is 0. The van der Waals surface area contributed by atoms with Gasteiger partial charge in [0.05, 0.1) is 13.3 Å². The molecule has 0 saturated heterocycles. The second-order valence-corrected chi connectivity index (χ2v) is 6.09. The van der Waals surface area contributed by atoms with Crippen molar-refractivity contribution in [3.8, 4) is 11.4 Å². The number of nitrogens with zero attached hydrogens (tertiary/aromatic N) is 5. The van der Waals surface area contributed by atoms with Crippen LogP contribution >= 0.6 is 0 Å². The van der Waals surface area contributed by atoms with Gasteiger partial charge in [0, 0.05) is 11.9 Å². The predicted molar refractivity (Wildman–Crippen MR) is 90.7 cm³/mol. The molecule has 26 heavy (non-hydrogen) atoms. The summed E-state index contributed by atoms with van der Waals surface area (Å²) in [5.74, 6) is -0.968. The lowest BCUT2D eigenvalue weighted by atomic mass is 10.2. The number of carbonyl (C=O) groups excluding carboxylic acids is 1. The van der Waals surface area contributed by atoms with Crippen molar-refractivity contribution < 1.29 is 19.4 Å². The van der Waals surface area contributed by atoms with E-state index in [1.807, 2.05) is 13.8 Å². The number of hydrogen-bond acceptors (Lipinski definition) is 7. The largest absolute Gasteiger partial charge is 0.491 e. The van der Waals surface area contributed by atoms with Gasteiger partial charge in [0.25, 0.3) is 5.91 Å². The molecule has 0 bridgehead atoms. The maximum Gasteiger partial charge on any atom is 0.342 e. The molecular formula is C16H18N6O4. The summed E-state index contributed by atoms with van der Waals surface area (Å²) in [6.45, 7) is 4.76. The highest BCUT2D eigenvalue weighted by atomic mass is 16.5. The lowest BCUT2D eigenvalue weighted by Crippen LogP contribution is -2.42. The van der Waals surface area contributed by atoms with Crippen molar-refractivity contribution in [3.05, 3.63) is 36.3 Å². The van der Waals surface area contributed by atoms with E-state index in [4.69, 9.17) is 9.84 Å². The number of aromatic nitrogens is 4. The van der Waals surface area contributed by atoms with Crippen LogP contribution in [-0.4, -0.2) is 50.5 Å². The Kier molecular flexibility index (Phi) is 4.83. The van der Waals surface area contributed by atoms with Crippen LogP contribution < -0.4 is 15.0 Å². The molecule has 0 radical (unpaired) electrons. The van der Waals surface area contributed by atoms with Crippen LogP contribution in [0.3, 0.4) is 0 Å². The van der Waals surface area contributed by atoms with Crippen LogP contribution in [0.25, 0.3) is 5.69 Å². The van der Waals surface area contributed by atoms with Crippen molar-refractivity contribution >= 4 is 17.6 Å². The molecule has 1 aliphatic rings. The monoisotopic (exact) mass is 358 g/mol. The fraction of sp³-hybridized carbons (Fsp3) is 0.312. The minimum atomic E-state index is -1.29. The van der Waals surface area contributed by atoms with Gasteiger partial charge in [-0.05, 0) is 34.5 Å². The highest BCUT2D eigenvalue weighted by Gasteiger charge is 2.24. The molecule has 136 valence electrons. The molecule has 0 atom stereocenters. The van der Waals surface area contributed by atoms with Crippen molar-refractivity contribution in [2.75, 3.05) is 18.2 Å². The molecule has 0 fully saturated rings. The van der Waals surface area contributed by atoms with Crippen molar-refractivity contribution in [3.63, 3.8) is 0 Å². The van der Waals surface area contributed by atoms with E-state index < -0.39 is 11.9 Å². The third-order valence-corrected chi connectivity index (χ3v) is 3.61. The summed E-state index contributed by atoms with van der Waals surface area (Å²) < 4.78 is 7.29. The first-order chi connectivity index (χ1) is 12.5. The van der Waals surface area contributed by atoms with E-state index in [9.17, 15) is 9.59 Å². The molecule has 0 unspecified atom stereocenters. The molecule has 3 rings (SSSR count). The molecule has 1 amide bonds. The average Bonchev–Trinajstić information content (AvgIpc) is 3.14. The molecule has 2 heterocycles. The summed E-state index contributed by atoms with van der Waals surface area (Å²) in [5, 5.41) is 22.8. The predicted octanol–water partition coefficient (Wildman–Crippen LogP) is 0.559. The summed E-state index contributed by atoms with van der Waals surface area (Å²) in [4.78, 5) is 24.4. The molecule has 2 N–H and O–H groups in total. The number of ether oxygens (including phenoxy) is 1. The maximum absolute atomic E-state index is 11.6. The zero-order valence-corrected chi connectivity index (χ0v) is 14.3. The fourth-order valence-electron chi connectivity index (χ4n) is 2.34. The average molecular weight is 358 g/mol. The Labute approximate surface area is 149 Å². The topological polar surface area (TPSA) is 122 Å². The third kappa shape index (κ3) is 3.63. The zero-order chi connectivity index (χ0) is 18.7. The van der Waals surface area contributed by atoms with E-state index in [1.54, 1.807) is 23.1 Å². The molecule has 2 aromatic rings. The Morgan fingerprint density at radius 1 is 1.42 bits per heavy atom. The number of benzene rings is 1. The molecule has 10 heteroatoms. The van der Waals surface area contributed by atoms with Crippen LogP contribution in [0.4, 0.5) is 5.69 Å². The fourth-order valence-corrected chi connectivity index (χ4v) is 2.34. The summed E-state index contributed by atoms with van der Waals surface area (Å²) in [7, 11) is 0. The van der Waals surface area contributed by atoms with Crippen LogP contribution in [0.15, 0.2) is 36.3 Å². The molecule has 10 nitrogen and oxygen atoms in total. The molecule has 0 saturated carbocycles. The van der Waals surface area contributed by atoms with Crippen LogP contribution in [-0.2, 0) is 9.59 Å². The van der Waals surface area contributed by atoms with Gasteiger partial charge in [-0.15, -0.1) is 5.10 Å². The molecule has 0 aliphatic carbocycles. The number of anilines is 1. The van der Waals surface area contributed by atoms with Crippen LogP contribution in [0.2, 0.25) is 0 Å². The van der Waals surface area contributed by atoms with Crippen molar-refractivity contribution in [2.24, 2.45) is 5.92 Å². The van der Waals surface area contributed by atoms with E-state index in [1.165, 1.54) is 17.2 Å². The van der Waals surface area contributed by atoms with E-state index in [-0.39, 0.29) is 12.2 Å². The molecule has 1 aliphatic heterocycles. The number of aliphatic carboxylic acids is 1.